The van der Waals surface area contributed by atoms with Crippen molar-refractivity contribution in [2.45, 2.75) is 13.0 Å². The summed E-state index contributed by atoms with van der Waals surface area (Å²) in [6, 6.07) is 11.5. The minimum atomic E-state index is -1.12. The smallest absolute Gasteiger partial charge is 0.338 e. The average Bonchev–Trinajstić information content (AvgIpc) is 2.66. The second kappa shape index (κ2) is 8.31. The summed E-state index contributed by atoms with van der Waals surface area (Å²) in [7, 11) is 0. The molecule has 4 nitrogen and oxygen atoms in total. The van der Waals surface area contributed by atoms with Gasteiger partial charge in [-0.3, -0.25) is 4.90 Å². The Kier molecular flexibility index (Phi) is 5.84. The van der Waals surface area contributed by atoms with E-state index in [4.69, 9.17) is 17.0 Å². The number of para-hydroxylation sites is 1. The molecule has 0 aliphatic carbocycles. The van der Waals surface area contributed by atoms with E-state index in [2.05, 4.69) is 11.9 Å². The normalized spacial score (nSPS) is 16.6. The first kappa shape index (κ1) is 19.7. The highest BCUT2D eigenvalue weighted by molar-refractivity contribution is 7.80. The van der Waals surface area contributed by atoms with Crippen LogP contribution in [0.4, 0.5) is 14.5 Å². The van der Waals surface area contributed by atoms with Crippen LogP contribution in [0.15, 0.2) is 72.5 Å². The predicted molar refractivity (Wildman–Crippen MR) is 108 cm³/mol. The monoisotopic (exact) mass is 400 g/mol. The molecule has 0 bridgehead atoms. The number of anilines is 1. The van der Waals surface area contributed by atoms with Crippen molar-refractivity contribution in [1.82, 2.24) is 5.32 Å². The Labute approximate surface area is 167 Å². The first-order valence-electron chi connectivity index (χ1n) is 8.54. The van der Waals surface area contributed by atoms with Crippen molar-refractivity contribution in [3.63, 3.8) is 0 Å². The summed E-state index contributed by atoms with van der Waals surface area (Å²) >= 11 is 5.44. The molecule has 1 N–H and O–H groups in total. The molecule has 28 heavy (non-hydrogen) atoms. The largest absolute Gasteiger partial charge is 0.458 e. The Balaban J connectivity index is 2.18. The van der Waals surface area contributed by atoms with Crippen LogP contribution in [-0.4, -0.2) is 17.7 Å². The fourth-order valence-corrected chi connectivity index (χ4v) is 3.47. The zero-order chi connectivity index (χ0) is 20.3. The maximum Gasteiger partial charge on any atom is 0.338 e. The second-order valence-corrected chi connectivity index (χ2v) is 6.46. The molecule has 0 aromatic heterocycles. The number of carbonyl (C=O) groups is 1. The van der Waals surface area contributed by atoms with Crippen molar-refractivity contribution in [3.05, 3.63) is 89.7 Å². The van der Waals surface area contributed by atoms with E-state index >= 15 is 0 Å². The highest BCUT2D eigenvalue weighted by Crippen LogP contribution is 2.36. The third kappa shape index (κ3) is 3.66. The van der Waals surface area contributed by atoms with Gasteiger partial charge in [0.05, 0.1) is 17.2 Å². The van der Waals surface area contributed by atoms with Crippen LogP contribution in [0.5, 0.6) is 0 Å². The van der Waals surface area contributed by atoms with Crippen molar-refractivity contribution in [2.75, 3.05) is 11.5 Å². The molecular weight excluding hydrogens is 382 g/mol. The lowest BCUT2D eigenvalue weighted by Crippen LogP contribution is -2.48. The van der Waals surface area contributed by atoms with Crippen LogP contribution in [0.3, 0.4) is 0 Å². The molecule has 1 aliphatic rings. The number of hydrogen-bond acceptors (Lipinski definition) is 3. The molecule has 0 saturated carbocycles. The molecule has 0 spiro atoms. The van der Waals surface area contributed by atoms with Crippen molar-refractivity contribution in [2.24, 2.45) is 0 Å². The highest BCUT2D eigenvalue weighted by atomic mass is 32.1. The van der Waals surface area contributed by atoms with Gasteiger partial charge in [0.2, 0.25) is 0 Å². The minimum Gasteiger partial charge on any atom is -0.458 e. The molecule has 0 amide bonds. The molecule has 0 saturated heterocycles. The Hall–Kier alpha value is -3.06. The number of thiocarbonyl (C=S) groups is 1. The van der Waals surface area contributed by atoms with Crippen molar-refractivity contribution >= 4 is 29.0 Å². The Morgan fingerprint density at radius 1 is 1.21 bits per heavy atom. The van der Waals surface area contributed by atoms with Crippen LogP contribution in [-0.2, 0) is 9.53 Å². The zero-order valence-electron chi connectivity index (χ0n) is 15.1. The first-order chi connectivity index (χ1) is 13.5. The number of benzene rings is 2. The predicted octanol–water partition coefficient (Wildman–Crippen LogP) is 4.40. The summed E-state index contributed by atoms with van der Waals surface area (Å²) in [6.07, 6.45) is 1.42. The number of allylic oxidation sites excluding steroid dienone is 1. The fourth-order valence-electron chi connectivity index (χ4n) is 3.11. The van der Waals surface area contributed by atoms with Crippen LogP contribution in [0.1, 0.15) is 18.5 Å². The standard InChI is InChI=1S/C21H18F2N2O2S/c1-3-12-27-20(26)17-13(2)25(14-8-5-4-6-9-14)21(28)24-19(17)18-15(22)10-7-11-16(18)23/h3-11,19H,1,12H2,2H3,(H,24,28)/t19-/m1/s1. The molecule has 1 atom stereocenters. The molecule has 1 aliphatic heterocycles. The number of halogens is 2. The number of hydrogen-bond donors (Lipinski definition) is 1. The topological polar surface area (TPSA) is 41.6 Å². The Morgan fingerprint density at radius 3 is 2.46 bits per heavy atom. The van der Waals surface area contributed by atoms with Crippen LogP contribution < -0.4 is 10.2 Å². The van der Waals surface area contributed by atoms with Gasteiger partial charge in [-0.25, -0.2) is 13.6 Å². The van der Waals surface area contributed by atoms with E-state index in [1.54, 1.807) is 11.8 Å². The van der Waals surface area contributed by atoms with Gasteiger partial charge in [-0.15, -0.1) is 0 Å². The molecule has 0 unspecified atom stereocenters. The summed E-state index contributed by atoms with van der Waals surface area (Å²) in [4.78, 5) is 14.4. The number of carbonyl (C=O) groups excluding carboxylic acids is 1. The molecule has 1 heterocycles. The molecule has 2 aromatic carbocycles. The number of nitrogens with one attached hydrogen (secondary N) is 1. The van der Waals surface area contributed by atoms with Crippen LogP contribution in [0.2, 0.25) is 0 Å². The number of esters is 1. The molecule has 144 valence electrons. The van der Waals surface area contributed by atoms with Crippen molar-refractivity contribution in [1.29, 1.82) is 0 Å². The van der Waals surface area contributed by atoms with E-state index in [0.717, 1.165) is 12.1 Å². The summed E-state index contributed by atoms with van der Waals surface area (Å²) < 4.78 is 34.1. The van der Waals surface area contributed by atoms with Crippen LogP contribution in [0.25, 0.3) is 0 Å². The van der Waals surface area contributed by atoms with Crippen molar-refractivity contribution in [3.8, 4) is 0 Å². The van der Waals surface area contributed by atoms with Crippen LogP contribution in [0, 0.1) is 11.6 Å². The average molecular weight is 400 g/mol. The van der Waals surface area contributed by atoms with E-state index < -0.39 is 23.6 Å². The fraction of sp³-hybridized carbons (Fsp3) is 0.143. The van der Waals surface area contributed by atoms with E-state index in [1.165, 1.54) is 12.1 Å². The molecule has 3 rings (SSSR count). The molecule has 0 fully saturated rings. The lowest BCUT2D eigenvalue weighted by molar-refractivity contribution is -0.138. The molecule has 0 radical (unpaired) electrons. The highest BCUT2D eigenvalue weighted by Gasteiger charge is 2.38. The lowest BCUT2D eigenvalue weighted by Gasteiger charge is -2.37. The summed E-state index contributed by atoms with van der Waals surface area (Å²) in [5.41, 5.74) is 0.918. The maximum atomic E-state index is 14.5. The third-order valence-electron chi connectivity index (χ3n) is 4.34. The van der Waals surface area contributed by atoms with Crippen molar-refractivity contribution < 1.29 is 18.3 Å². The number of ether oxygens (including phenoxy) is 1. The lowest BCUT2D eigenvalue weighted by atomic mass is 9.94. The van der Waals surface area contributed by atoms with Gasteiger partial charge in [0, 0.05) is 11.4 Å². The first-order valence-corrected chi connectivity index (χ1v) is 8.95. The zero-order valence-corrected chi connectivity index (χ0v) is 15.9. The van der Waals surface area contributed by atoms with Gasteiger partial charge in [0.15, 0.2) is 5.11 Å². The summed E-state index contributed by atoms with van der Waals surface area (Å²) in [5.74, 6) is -2.27. The Morgan fingerprint density at radius 2 is 1.86 bits per heavy atom. The minimum absolute atomic E-state index is 0.0299. The van der Waals surface area contributed by atoms with E-state index in [0.29, 0.717) is 11.4 Å². The van der Waals surface area contributed by atoms with E-state index in [1.807, 2.05) is 30.3 Å². The number of nitrogens with zero attached hydrogens (tertiary/aromatic N) is 1. The molecule has 2 aromatic rings. The number of rotatable bonds is 5. The summed E-state index contributed by atoms with van der Waals surface area (Å²) in [5, 5.41) is 3.11. The van der Waals surface area contributed by atoms with Gasteiger partial charge >= 0.3 is 5.97 Å². The maximum absolute atomic E-state index is 14.5. The van der Waals surface area contributed by atoms with Gasteiger partial charge in [0.25, 0.3) is 0 Å². The quantitative estimate of drug-likeness (QED) is 0.458. The van der Waals surface area contributed by atoms with E-state index in [9.17, 15) is 13.6 Å². The van der Waals surface area contributed by atoms with Gasteiger partial charge < -0.3 is 10.1 Å². The van der Waals surface area contributed by atoms with Gasteiger partial charge in [-0.1, -0.05) is 36.9 Å². The Bertz CT molecular complexity index is 940. The summed E-state index contributed by atoms with van der Waals surface area (Å²) in [6.45, 7) is 5.15. The van der Waals surface area contributed by atoms with Gasteiger partial charge in [-0.05, 0) is 43.4 Å². The molecule has 7 heteroatoms. The van der Waals surface area contributed by atoms with Gasteiger partial charge in [-0.2, -0.15) is 0 Å². The SMILES string of the molecule is C=CCOC(=O)C1=C(C)N(c2ccccc2)C(=S)N[C@H]1c1c(F)cccc1F. The second-order valence-electron chi connectivity index (χ2n) is 6.08. The van der Waals surface area contributed by atoms with Gasteiger partial charge in [0.1, 0.15) is 18.2 Å². The third-order valence-corrected chi connectivity index (χ3v) is 4.64. The van der Waals surface area contributed by atoms with E-state index in [-0.39, 0.29) is 22.9 Å². The molecular formula is C21H18F2N2O2S. The van der Waals surface area contributed by atoms with Crippen LogP contribution >= 0.6 is 12.2 Å².